The van der Waals surface area contributed by atoms with E-state index < -0.39 is 24.3 Å². The molecule has 2 unspecified atom stereocenters. The molecular weight excluding hydrogens is 899 g/mol. The lowest BCUT2D eigenvalue weighted by Crippen LogP contribution is -2.44. The Morgan fingerprint density at radius 3 is 1.10 bits per heavy atom. The second-order valence-electron chi connectivity index (χ2n) is 22.4. The quantitative estimate of drug-likeness (QED) is 0.0195. The van der Waals surface area contributed by atoms with E-state index in [4.69, 9.17) is 18.9 Å². The van der Waals surface area contributed by atoms with E-state index in [-0.39, 0.29) is 32.2 Å². The third-order valence-corrected chi connectivity index (χ3v) is 14.0. The summed E-state index contributed by atoms with van der Waals surface area (Å²) in [6.45, 7) is 4.73. The fourth-order valence-electron chi connectivity index (χ4n) is 9.16. The van der Waals surface area contributed by atoms with E-state index in [1.54, 1.807) is 0 Å². The molecule has 0 aliphatic carbocycles. The van der Waals surface area contributed by atoms with Crippen LogP contribution in [0.2, 0.25) is 0 Å². The Hall–Kier alpha value is -2.23. The molecule has 72 heavy (non-hydrogen) atoms. The molecule has 0 saturated heterocycles. The lowest BCUT2D eigenvalue weighted by molar-refractivity contribution is -0.870. The molecule has 0 saturated carbocycles. The summed E-state index contributed by atoms with van der Waals surface area (Å²) in [6, 6.07) is 0. The number of unbranched alkanes of at least 4 members (excludes halogenated alkanes) is 39. The molecule has 0 fully saturated rings. The van der Waals surface area contributed by atoms with Crippen LogP contribution in [0.5, 0.6) is 0 Å². The van der Waals surface area contributed by atoms with Crippen molar-refractivity contribution >= 4 is 17.9 Å². The van der Waals surface area contributed by atoms with Crippen LogP contribution >= 0.6 is 0 Å². The number of ether oxygens (including phenoxy) is 4. The molecule has 0 bridgehead atoms. The summed E-state index contributed by atoms with van der Waals surface area (Å²) in [5.74, 6) is -2.27. The van der Waals surface area contributed by atoms with Gasteiger partial charge in [-0.25, -0.2) is 0 Å². The molecule has 0 rings (SSSR count). The topological polar surface area (TPSA) is 111 Å². The van der Waals surface area contributed by atoms with Gasteiger partial charge >= 0.3 is 11.9 Å². The number of carboxylic acids is 1. The molecule has 9 heteroatoms. The highest BCUT2D eigenvalue weighted by Gasteiger charge is 2.22. The number of carbonyl (C=O) groups is 3. The van der Waals surface area contributed by atoms with Gasteiger partial charge in [-0.05, 0) is 44.9 Å². The zero-order chi connectivity index (χ0) is 52.7. The average Bonchev–Trinajstić information content (AvgIpc) is 3.35. The number of hydrogen-bond donors (Lipinski definition) is 0. The number of aliphatic carboxylic acids is 1. The molecule has 0 N–H and O–H groups in total. The second kappa shape index (κ2) is 55.0. The summed E-state index contributed by atoms with van der Waals surface area (Å²) in [5, 5.41) is 11.7. The molecule has 0 radical (unpaired) electrons. The number of quaternary nitrogens is 1. The van der Waals surface area contributed by atoms with Crippen molar-refractivity contribution < 1.29 is 42.9 Å². The molecule has 9 nitrogen and oxygen atoms in total. The number of rotatable bonds is 58. The van der Waals surface area contributed by atoms with E-state index in [2.05, 4.69) is 38.2 Å². The van der Waals surface area contributed by atoms with Gasteiger partial charge in [0, 0.05) is 12.8 Å². The van der Waals surface area contributed by atoms with E-state index in [0.29, 0.717) is 17.4 Å². The Kier molecular flexibility index (Phi) is 53.3. The summed E-state index contributed by atoms with van der Waals surface area (Å²) in [7, 11) is 5.92. The van der Waals surface area contributed by atoms with Crippen LogP contribution in [0.4, 0.5) is 0 Å². The maximum Gasteiger partial charge on any atom is 0.306 e. The van der Waals surface area contributed by atoms with Crippen LogP contribution in [-0.4, -0.2) is 82.3 Å². The Balaban J connectivity index is 3.82. The van der Waals surface area contributed by atoms with Crippen LogP contribution in [-0.2, 0) is 33.3 Å². The fraction of sp³-hybridized carbons (Fsp3) is 0.889. The lowest BCUT2D eigenvalue weighted by atomic mass is 10.0. The van der Waals surface area contributed by atoms with E-state index >= 15 is 0 Å². The van der Waals surface area contributed by atoms with Crippen molar-refractivity contribution in [3.8, 4) is 0 Å². The molecule has 0 spiro atoms. The zero-order valence-corrected chi connectivity index (χ0v) is 48.3. The van der Waals surface area contributed by atoms with Crippen molar-refractivity contribution in [1.82, 2.24) is 0 Å². The SMILES string of the molecule is CCCCCCC/C=C\C/C=C\CCCCCCCCCCCCCCCCCCCCCCCCCCCCCC(=O)OC(COC(=O)CCCCCCCCCC)COC(OCC[N+](C)(C)C)C(=O)[O-]. The molecule has 424 valence electrons. The standard InChI is InChI=1S/C63H119NO8/c1-6-8-10-12-14-16-17-18-19-20-21-22-23-24-25-26-27-28-29-30-31-32-33-34-35-36-37-38-39-40-41-42-43-44-45-46-48-50-52-54-61(66)72-59(58-71-63(62(67)68)69-56-55-64(3,4)5)57-70-60(65)53-51-49-47-15-13-11-9-7-2/h17-18,20-21,59,63H,6-16,19,22-58H2,1-5H3/b18-17-,21-20-. The molecule has 0 aliphatic rings. The van der Waals surface area contributed by atoms with Crippen molar-refractivity contribution in [2.24, 2.45) is 0 Å². The van der Waals surface area contributed by atoms with Crippen molar-refractivity contribution in [2.45, 2.75) is 315 Å². The van der Waals surface area contributed by atoms with Crippen LogP contribution < -0.4 is 5.11 Å². The van der Waals surface area contributed by atoms with Crippen LogP contribution in [0, 0.1) is 0 Å². The van der Waals surface area contributed by atoms with Crippen molar-refractivity contribution in [1.29, 1.82) is 0 Å². The molecule has 0 amide bonds. The maximum absolute atomic E-state index is 12.8. The van der Waals surface area contributed by atoms with Crippen molar-refractivity contribution in [3.63, 3.8) is 0 Å². The lowest BCUT2D eigenvalue weighted by Gasteiger charge is -2.26. The van der Waals surface area contributed by atoms with Crippen LogP contribution in [0.25, 0.3) is 0 Å². The summed E-state index contributed by atoms with van der Waals surface area (Å²) in [4.78, 5) is 37.0. The number of carboxylic acid groups (broad SMARTS) is 1. The zero-order valence-electron chi connectivity index (χ0n) is 48.3. The summed E-state index contributed by atoms with van der Waals surface area (Å²) in [6.07, 6.45) is 63.0. The van der Waals surface area contributed by atoms with Crippen LogP contribution in [0.3, 0.4) is 0 Å². The highest BCUT2D eigenvalue weighted by atomic mass is 16.7. The molecule has 0 aromatic carbocycles. The molecule has 0 aliphatic heterocycles. The van der Waals surface area contributed by atoms with Crippen LogP contribution in [0.1, 0.15) is 303 Å². The largest absolute Gasteiger partial charge is 0.545 e. The first kappa shape index (κ1) is 69.8. The number of esters is 2. The van der Waals surface area contributed by atoms with Gasteiger partial charge in [-0.2, -0.15) is 0 Å². The first-order valence-electron chi connectivity index (χ1n) is 31.0. The number of nitrogens with zero attached hydrogens (tertiary/aromatic N) is 1. The molecular formula is C63H119NO8. The van der Waals surface area contributed by atoms with Gasteiger partial charge in [0.1, 0.15) is 13.2 Å². The highest BCUT2D eigenvalue weighted by Crippen LogP contribution is 2.18. The second-order valence-corrected chi connectivity index (χ2v) is 22.4. The molecule has 2 atom stereocenters. The Labute approximate surface area is 446 Å². The molecule has 0 heterocycles. The minimum absolute atomic E-state index is 0.152. The van der Waals surface area contributed by atoms with E-state index in [0.717, 1.165) is 44.9 Å². The van der Waals surface area contributed by atoms with Gasteiger partial charge in [-0.1, -0.05) is 269 Å². The first-order chi connectivity index (χ1) is 35.1. The number of carbonyl (C=O) groups excluding carboxylic acids is 3. The summed E-state index contributed by atoms with van der Waals surface area (Å²) >= 11 is 0. The minimum atomic E-state index is -1.61. The normalized spacial score (nSPS) is 12.8. The third kappa shape index (κ3) is 55.5. The maximum atomic E-state index is 12.8. The highest BCUT2D eigenvalue weighted by molar-refractivity contribution is 5.70. The number of hydrogen-bond acceptors (Lipinski definition) is 8. The summed E-state index contributed by atoms with van der Waals surface area (Å²) in [5.41, 5.74) is 0. The van der Waals surface area contributed by atoms with Crippen molar-refractivity contribution in [2.75, 3.05) is 47.5 Å². The summed E-state index contributed by atoms with van der Waals surface area (Å²) < 4.78 is 22.6. The Bertz CT molecular complexity index is 1230. The van der Waals surface area contributed by atoms with Gasteiger partial charge < -0.3 is 33.3 Å². The third-order valence-electron chi connectivity index (χ3n) is 14.0. The Morgan fingerprint density at radius 1 is 0.417 bits per heavy atom. The van der Waals surface area contributed by atoms with Gasteiger partial charge in [0.2, 0.25) is 0 Å². The minimum Gasteiger partial charge on any atom is -0.545 e. The average molecular weight is 1020 g/mol. The van der Waals surface area contributed by atoms with E-state index in [1.165, 1.54) is 231 Å². The van der Waals surface area contributed by atoms with E-state index in [9.17, 15) is 19.5 Å². The molecule has 0 aromatic heterocycles. The first-order valence-corrected chi connectivity index (χ1v) is 31.0. The predicted molar refractivity (Wildman–Crippen MR) is 302 cm³/mol. The van der Waals surface area contributed by atoms with Gasteiger partial charge in [0.15, 0.2) is 12.4 Å². The molecule has 0 aromatic rings. The smallest absolute Gasteiger partial charge is 0.306 e. The van der Waals surface area contributed by atoms with Gasteiger partial charge in [-0.3, -0.25) is 9.59 Å². The van der Waals surface area contributed by atoms with Crippen LogP contribution in [0.15, 0.2) is 24.3 Å². The van der Waals surface area contributed by atoms with Gasteiger partial charge in [0.05, 0.1) is 40.3 Å². The predicted octanol–water partition coefficient (Wildman–Crippen LogP) is 17.0. The Morgan fingerprint density at radius 2 is 0.750 bits per heavy atom. The van der Waals surface area contributed by atoms with Gasteiger partial charge in [-0.15, -0.1) is 0 Å². The van der Waals surface area contributed by atoms with Crippen molar-refractivity contribution in [3.05, 3.63) is 24.3 Å². The monoisotopic (exact) mass is 1020 g/mol. The number of likely N-dealkylation sites (N-methyl/N-ethyl adjacent to an activating group) is 1. The fourth-order valence-corrected chi connectivity index (χ4v) is 9.16. The van der Waals surface area contributed by atoms with Gasteiger partial charge in [0.25, 0.3) is 0 Å². The van der Waals surface area contributed by atoms with E-state index in [1.807, 2.05) is 21.1 Å². The number of allylic oxidation sites excluding steroid dienone is 4.